The molecule has 0 aromatic carbocycles. The Hall–Kier alpha value is -0.610. The highest BCUT2D eigenvalue weighted by Crippen LogP contribution is 2.29. The third-order valence-electron chi connectivity index (χ3n) is 3.11. The van der Waals surface area contributed by atoms with Crippen molar-refractivity contribution in [2.75, 3.05) is 19.6 Å². The van der Waals surface area contributed by atoms with Gasteiger partial charge in [0.25, 0.3) is 0 Å². The molecule has 4 heteroatoms. The predicted molar refractivity (Wildman–Crippen MR) is 60.0 cm³/mol. The number of hydrogen-bond donors (Lipinski definition) is 3. The Balaban J connectivity index is 2.24. The van der Waals surface area contributed by atoms with Crippen LogP contribution in [0.3, 0.4) is 0 Å². The Bertz CT molecular complexity index is 201. The zero-order chi connectivity index (χ0) is 11.1. The Morgan fingerprint density at radius 3 is 2.53 bits per heavy atom. The van der Waals surface area contributed by atoms with Crippen LogP contribution in [0, 0.1) is 0 Å². The molecule has 4 nitrogen and oxygen atoms in total. The van der Waals surface area contributed by atoms with Gasteiger partial charge in [0.2, 0.25) is 0 Å². The van der Waals surface area contributed by atoms with E-state index in [4.69, 9.17) is 0 Å². The van der Waals surface area contributed by atoms with Gasteiger partial charge in [0.15, 0.2) is 0 Å². The smallest absolute Gasteiger partial charge is 0.323 e. The number of carbonyl (C=O) groups is 1. The number of rotatable bonds is 7. The molecule has 0 unspecified atom stereocenters. The first kappa shape index (κ1) is 12.5. The summed E-state index contributed by atoms with van der Waals surface area (Å²) >= 11 is 0. The minimum atomic E-state index is -0.677. The van der Waals surface area contributed by atoms with Gasteiger partial charge in [0, 0.05) is 0 Å². The number of carboxylic acid groups (broad SMARTS) is 1. The maximum absolute atomic E-state index is 11.2. The number of nitrogens with one attached hydrogen (secondary N) is 2. The molecule has 0 atom stereocenters. The van der Waals surface area contributed by atoms with Crippen molar-refractivity contribution in [3.8, 4) is 0 Å². The van der Waals surface area contributed by atoms with Crippen LogP contribution in [0.5, 0.6) is 0 Å². The molecule has 0 radical (unpaired) electrons. The molecule has 0 spiro atoms. The van der Waals surface area contributed by atoms with Crippen LogP contribution in [0.4, 0.5) is 0 Å². The van der Waals surface area contributed by atoms with Crippen molar-refractivity contribution in [2.45, 2.75) is 44.6 Å². The molecule has 0 aromatic heterocycles. The van der Waals surface area contributed by atoms with E-state index in [0.717, 1.165) is 51.7 Å². The van der Waals surface area contributed by atoms with Crippen molar-refractivity contribution in [1.82, 2.24) is 10.6 Å². The van der Waals surface area contributed by atoms with Crippen molar-refractivity contribution in [1.29, 1.82) is 0 Å². The van der Waals surface area contributed by atoms with E-state index < -0.39 is 11.5 Å². The third kappa shape index (κ3) is 3.47. The first-order chi connectivity index (χ1) is 7.21. The standard InChI is InChI=1S/C11H22N2O2/c1-2-12-8-5-9-13-11(10(14)15)6-3-4-7-11/h12-13H,2-9H2,1H3,(H,14,15). The van der Waals surface area contributed by atoms with Gasteiger partial charge in [-0.2, -0.15) is 0 Å². The minimum absolute atomic E-state index is 0.619. The second kappa shape index (κ2) is 6.08. The van der Waals surface area contributed by atoms with Crippen LogP contribution in [0.15, 0.2) is 0 Å². The summed E-state index contributed by atoms with van der Waals surface area (Å²) in [7, 11) is 0. The summed E-state index contributed by atoms with van der Waals surface area (Å²) in [5, 5.41) is 15.6. The van der Waals surface area contributed by atoms with Gasteiger partial charge in [-0.15, -0.1) is 0 Å². The van der Waals surface area contributed by atoms with Gasteiger partial charge in [-0.25, -0.2) is 0 Å². The lowest BCUT2D eigenvalue weighted by molar-refractivity contribution is -0.144. The summed E-state index contributed by atoms with van der Waals surface area (Å²) in [6, 6.07) is 0. The van der Waals surface area contributed by atoms with E-state index in [0.29, 0.717) is 0 Å². The molecule has 1 aliphatic rings. The van der Waals surface area contributed by atoms with E-state index in [-0.39, 0.29) is 0 Å². The third-order valence-corrected chi connectivity index (χ3v) is 3.11. The van der Waals surface area contributed by atoms with Crippen molar-refractivity contribution < 1.29 is 9.90 Å². The molecule has 3 N–H and O–H groups in total. The molecule has 0 aromatic rings. The van der Waals surface area contributed by atoms with E-state index in [9.17, 15) is 9.90 Å². The van der Waals surface area contributed by atoms with Crippen LogP contribution >= 0.6 is 0 Å². The van der Waals surface area contributed by atoms with Crippen LogP contribution in [0.1, 0.15) is 39.0 Å². The van der Waals surface area contributed by atoms with E-state index in [1.807, 2.05) is 0 Å². The highest BCUT2D eigenvalue weighted by atomic mass is 16.4. The fourth-order valence-electron chi connectivity index (χ4n) is 2.16. The summed E-state index contributed by atoms with van der Waals surface area (Å²) < 4.78 is 0. The van der Waals surface area contributed by atoms with Gasteiger partial charge >= 0.3 is 5.97 Å². The lowest BCUT2D eigenvalue weighted by Gasteiger charge is -2.25. The minimum Gasteiger partial charge on any atom is -0.480 e. The lowest BCUT2D eigenvalue weighted by atomic mass is 9.98. The first-order valence-electron chi connectivity index (χ1n) is 5.90. The molecule has 0 bridgehead atoms. The van der Waals surface area contributed by atoms with Crippen molar-refractivity contribution >= 4 is 5.97 Å². The Kier molecular flexibility index (Phi) is 5.05. The highest BCUT2D eigenvalue weighted by Gasteiger charge is 2.40. The molecule has 0 saturated heterocycles. The van der Waals surface area contributed by atoms with Gasteiger partial charge in [0.05, 0.1) is 0 Å². The highest BCUT2D eigenvalue weighted by molar-refractivity contribution is 5.79. The van der Waals surface area contributed by atoms with Gasteiger partial charge in [-0.05, 0) is 38.9 Å². The van der Waals surface area contributed by atoms with E-state index in [1.165, 1.54) is 0 Å². The SMILES string of the molecule is CCNCCCNC1(C(=O)O)CCCC1. The molecular formula is C11H22N2O2. The van der Waals surface area contributed by atoms with Gasteiger partial charge in [-0.1, -0.05) is 19.8 Å². The average Bonchev–Trinajstić information content (AvgIpc) is 2.67. The molecular weight excluding hydrogens is 192 g/mol. The van der Waals surface area contributed by atoms with E-state index >= 15 is 0 Å². The van der Waals surface area contributed by atoms with Crippen LogP contribution in [-0.4, -0.2) is 36.2 Å². The second-order valence-electron chi connectivity index (χ2n) is 4.23. The molecule has 1 fully saturated rings. The molecule has 1 aliphatic carbocycles. The van der Waals surface area contributed by atoms with Gasteiger partial charge in [-0.3, -0.25) is 4.79 Å². The topological polar surface area (TPSA) is 61.4 Å². The molecule has 0 aliphatic heterocycles. The van der Waals surface area contributed by atoms with E-state index in [1.54, 1.807) is 0 Å². The Morgan fingerprint density at radius 1 is 1.33 bits per heavy atom. The first-order valence-corrected chi connectivity index (χ1v) is 5.90. The zero-order valence-electron chi connectivity index (χ0n) is 9.51. The lowest BCUT2D eigenvalue weighted by Crippen LogP contribution is -2.50. The molecule has 0 amide bonds. The number of aliphatic carboxylic acids is 1. The van der Waals surface area contributed by atoms with Gasteiger partial charge < -0.3 is 15.7 Å². The van der Waals surface area contributed by atoms with Crippen LogP contribution in [-0.2, 0) is 4.79 Å². The molecule has 1 saturated carbocycles. The van der Waals surface area contributed by atoms with Crippen LogP contribution in [0.25, 0.3) is 0 Å². The number of carboxylic acids is 1. The summed E-state index contributed by atoms with van der Waals surface area (Å²) in [5.74, 6) is -0.677. The normalized spacial score (nSPS) is 19.3. The zero-order valence-corrected chi connectivity index (χ0v) is 9.51. The predicted octanol–water partition coefficient (Wildman–Crippen LogP) is 0.973. The fourth-order valence-corrected chi connectivity index (χ4v) is 2.16. The van der Waals surface area contributed by atoms with Crippen LogP contribution < -0.4 is 10.6 Å². The van der Waals surface area contributed by atoms with Crippen molar-refractivity contribution in [3.63, 3.8) is 0 Å². The van der Waals surface area contributed by atoms with E-state index in [2.05, 4.69) is 17.6 Å². The average molecular weight is 214 g/mol. The fraction of sp³-hybridized carbons (Fsp3) is 0.909. The van der Waals surface area contributed by atoms with Crippen molar-refractivity contribution in [2.24, 2.45) is 0 Å². The Morgan fingerprint density at radius 2 is 2.00 bits per heavy atom. The molecule has 15 heavy (non-hydrogen) atoms. The maximum Gasteiger partial charge on any atom is 0.323 e. The Labute approximate surface area is 91.4 Å². The summed E-state index contributed by atoms with van der Waals surface area (Å²) in [6.07, 6.45) is 4.62. The largest absolute Gasteiger partial charge is 0.480 e. The van der Waals surface area contributed by atoms with Crippen molar-refractivity contribution in [3.05, 3.63) is 0 Å². The molecule has 88 valence electrons. The number of hydrogen-bond acceptors (Lipinski definition) is 3. The maximum atomic E-state index is 11.2. The summed E-state index contributed by atoms with van der Waals surface area (Å²) in [6.45, 7) is 4.80. The monoisotopic (exact) mass is 214 g/mol. The van der Waals surface area contributed by atoms with Crippen LogP contribution in [0.2, 0.25) is 0 Å². The molecule has 1 rings (SSSR count). The summed E-state index contributed by atoms with van der Waals surface area (Å²) in [4.78, 5) is 11.2. The summed E-state index contributed by atoms with van der Waals surface area (Å²) in [5.41, 5.74) is -0.619. The molecule has 0 heterocycles. The van der Waals surface area contributed by atoms with Gasteiger partial charge in [0.1, 0.15) is 5.54 Å². The quantitative estimate of drug-likeness (QED) is 0.553. The second-order valence-corrected chi connectivity index (χ2v) is 4.23.